The van der Waals surface area contributed by atoms with Crippen LogP contribution in [0.2, 0.25) is 0 Å². The van der Waals surface area contributed by atoms with Crippen molar-refractivity contribution < 1.29 is 9.59 Å². The Balaban J connectivity index is 2.12. The quantitative estimate of drug-likeness (QED) is 0.811. The second kappa shape index (κ2) is 8.31. The number of carbonyl (C=O) groups is 2. The van der Waals surface area contributed by atoms with E-state index in [-0.39, 0.29) is 23.9 Å². The van der Waals surface area contributed by atoms with E-state index in [4.69, 9.17) is 11.0 Å². The van der Waals surface area contributed by atoms with Gasteiger partial charge in [0.15, 0.2) is 0 Å². The molecule has 3 rings (SSSR count). The Hall–Kier alpha value is -3.40. The summed E-state index contributed by atoms with van der Waals surface area (Å²) in [5, 5.41) is 12.5. The lowest BCUT2D eigenvalue weighted by Gasteiger charge is -2.45. The maximum atomic E-state index is 12.4. The molecule has 0 fully saturated rings. The van der Waals surface area contributed by atoms with E-state index in [2.05, 4.69) is 23.3 Å². The Morgan fingerprint density at radius 2 is 2.07 bits per heavy atom. The molecule has 0 saturated carbocycles. The Morgan fingerprint density at radius 3 is 2.62 bits per heavy atom. The van der Waals surface area contributed by atoms with Crippen LogP contribution in [0.3, 0.4) is 0 Å². The molecule has 3 unspecified atom stereocenters. The molecule has 0 bridgehead atoms. The van der Waals surface area contributed by atoms with E-state index in [9.17, 15) is 9.59 Å². The molecule has 29 heavy (non-hydrogen) atoms. The molecule has 7 nitrogen and oxygen atoms in total. The van der Waals surface area contributed by atoms with Crippen molar-refractivity contribution in [3.05, 3.63) is 53.2 Å². The van der Waals surface area contributed by atoms with Crippen molar-refractivity contribution in [3.63, 3.8) is 0 Å². The van der Waals surface area contributed by atoms with Crippen molar-refractivity contribution in [2.75, 3.05) is 10.2 Å². The second-order valence-electron chi connectivity index (χ2n) is 7.39. The predicted octanol–water partition coefficient (Wildman–Crippen LogP) is 3.38. The highest BCUT2D eigenvalue weighted by atomic mass is 16.2. The molecule has 3 atom stereocenters. The lowest BCUT2D eigenvalue weighted by atomic mass is 9.78. The van der Waals surface area contributed by atoms with Gasteiger partial charge in [-0.3, -0.25) is 9.59 Å². The summed E-state index contributed by atoms with van der Waals surface area (Å²) in [6, 6.07) is 10.6. The molecular weight excluding hydrogens is 366 g/mol. The fourth-order valence-electron chi connectivity index (χ4n) is 4.18. The zero-order valence-electron chi connectivity index (χ0n) is 16.8. The highest BCUT2D eigenvalue weighted by Gasteiger charge is 2.40. The van der Waals surface area contributed by atoms with Gasteiger partial charge in [0.25, 0.3) is 0 Å². The van der Waals surface area contributed by atoms with Crippen LogP contribution in [-0.4, -0.2) is 22.8 Å². The van der Waals surface area contributed by atoms with Gasteiger partial charge in [0.1, 0.15) is 11.9 Å². The van der Waals surface area contributed by atoms with Gasteiger partial charge in [0.2, 0.25) is 11.8 Å². The monoisotopic (exact) mass is 391 g/mol. The van der Waals surface area contributed by atoms with E-state index in [1.807, 2.05) is 6.92 Å². The summed E-state index contributed by atoms with van der Waals surface area (Å²) in [5.74, 6) is 0.190. The van der Waals surface area contributed by atoms with E-state index < -0.39 is 5.91 Å². The number of anilines is 2. The van der Waals surface area contributed by atoms with Crippen LogP contribution in [0.15, 0.2) is 36.5 Å². The zero-order valence-corrected chi connectivity index (χ0v) is 16.8. The number of nitrogens with one attached hydrogen (secondary N) is 1. The van der Waals surface area contributed by atoms with Gasteiger partial charge in [-0.05, 0) is 49.2 Å². The Kier molecular flexibility index (Phi) is 5.83. The number of nitriles is 1. The molecule has 2 aromatic rings. The minimum Gasteiger partial charge on any atom is -0.366 e. The summed E-state index contributed by atoms with van der Waals surface area (Å²) in [6.45, 7) is 5.71. The first kappa shape index (κ1) is 20.3. The Bertz CT molecular complexity index is 964. The minimum atomic E-state index is -0.511. The van der Waals surface area contributed by atoms with Crippen LogP contribution in [0, 0.1) is 17.2 Å². The summed E-state index contributed by atoms with van der Waals surface area (Å²) >= 11 is 0. The van der Waals surface area contributed by atoms with E-state index >= 15 is 0 Å². The number of carbonyl (C=O) groups excluding carboxylic acids is 2. The first-order valence-corrected chi connectivity index (χ1v) is 9.73. The van der Waals surface area contributed by atoms with Gasteiger partial charge in [-0.2, -0.15) is 5.26 Å². The fraction of sp³-hybridized carbons (Fsp3) is 0.364. The third kappa shape index (κ3) is 3.92. The van der Waals surface area contributed by atoms with Gasteiger partial charge < -0.3 is 16.0 Å². The summed E-state index contributed by atoms with van der Waals surface area (Å²) in [4.78, 5) is 30.4. The third-order valence-electron chi connectivity index (χ3n) is 5.52. The molecule has 3 N–H and O–H groups in total. The number of amides is 2. The molecule has 2 heterocycles. The Labute approximate surface area is 170 Å². The molecule has 150 valence electrons. The van der Waals surface area contributed by atoms with Gasteiger partial charge in [-0.15, -0.1) is 0 Å². The smallest absolute Gasteiger partial charge is 0.248 e. The topological polar surface area (TPSA) is 112 Å². The normalized spacial score (nSPS) is 20.5. The molecule has 1 aliphatic heterocycles. The average Bonchev–Trinajstić information content (AvgIpc) is 2.70. The van der Waals surface area contributed by atoms with Crippen molar-refractivity contribution in [2.24, 2.45) is 11.7 Å². The Morgan fingerprint density at radius 1 is 1.31 bits per heavy atom. The molecule has 0 saturated heterocycles. The number of pyridine rings is 1. The predicted molar refractivity (Wildman–Crippen MR) is 111 cm³/mol. The van der Waals surface area contributed by atoms with Crippen molar-refractivity contribution >= 4 is 23.3 Å². The summed E-state index contributed by atoms with van der Waals surface area (Å²) < 4.78 is 0. The van der Waals surface area contributed by atoms with Gasteiger partial charge in [0, 0.05) is 36.3 Å². The number of nitrogens with zero attached hydrogens (tertiary/aromatic N) is 3. The van der Waals surface area contributed by atoms with Crippen molar-refractivity contribution in [3.8, 4) is 6.07 Å². The van der Waals surface area contributed by atoms with Gasteiger partial charge in [-0.1, -0.05) is 13.3 Å². The van der Waals surface area contributed by atoms with E-state index in [0.29, 0.717) is 16.9 Å². The first-order valence-electron chi connectivity index (χ1n) is 9.73. The molecule has 0 radical (unpaired) electrons. The molecule has 1 aromatic heterocycles. The molecule has 0 spiro atoms. The van der Waals surface area contributed by atoms with Crippen LogP contribution in [0.25, 0.3) is 0 Å². The molecule has 0 aliphatic carbocycles. The van der Waals surface area contributed by atoms with Crippen LogP contribution in [0.1, 0.15) is 61.1 Å². The summed E-state index contributed by atoms with van der Waals surface area (Å²) in [6.07, 6.45) is 3.36. The lowest BCUT2D eigenvalue weighted by molar-refractivity contribution is -0.117. The molecular formula is C22H25N5O2. The highest BCUT2D eigenvalue weighted by Crippen LogP contribution is 2.44. The number of benzene rings is 1. The van der Waals surface area contributed by atoms with Gasteiger partial charge in [0.05, 0.1) is 11.6 Å². The standard InChI is InChI=1S/C22H25N5O2/c1-4-5-17-13(2)27(14(3)28)19-8-7-16(22(24)29)10-18(19)21(17)26-20-9-6-15(11-23)12-25-20/h6-10,12-13,17,21H,4-5H2,1-3H3,(H2,24,29)(H,25,26). The third-order valence-corrected chi connectivity index (χ3v) is 5.52. The van der Waals surface area contributed by atoms with Gasteiger partial charge in [-0.25, -0.2) is 4.98 Å². The second-order valence-corrected chi connectivity index (χ2v) is 7.39. The lowest BCUT2D eigenvalue weighted by Crippen LogP contribution is -2.49. The number of primary amides is 1. The number of hydrogen-bond acceptors (Lipinski definition) is 5. The maximum Gasteiger partial charge on any atom is 0.248 e. The first-order chi connectivity index (χ1) is 13.9. The van der Waals surface area contributed by atoms with E-state index in [0.717, 1.165) is 24.1 Å². The van der Waals surface area contributed by atoms with Gasteiger partial charge >= 0.3 is 0 Å². The number of rotatable bonds is 5. The number of fused-ring (bicyclic) bond motifs is 1. The molecule has 2 amide bonds. The van der Waals surface area contributed by atoms with Crippen molar-refractivity contribution in [1.29, 1.82) is 5.26 Å². The summed E-state index contributed by atoms with van der Waals surface area (Å²) in [7, 11) is 0. The minimum absolute atomic E-state index is 0.0322. The van der Waals surface area contributed by atoms with Crippen LogP contribution >= 0.6 is 0 Å². The van der Waals surface area contributed by atoms with Crippen LogP contribution in [-0.2, 0) is 4.79 Å². The number of aromatic nitrogens is 1. The van der Waals surface area contributed by atoms with Crippen molar-refractivity contribution in [2.45, 2.75) is 45.7 Å². The largest absolute Gasteiger partial charge is 0.366 e. The molecule has 7 heteroatoms. The van der Waals surface area contributed by atoms with E-state index in [1.54, 1.807) is 42.2 Å². The number of hydrogen-bond donors (Lipinski definition) is 2. The SMILES string of the molecule is CCCC1C(Nc2ccc(C#N)cn2)c2cc(C(N)=O)ccc2N(C(C)=O)C1C. The zero-order chi connectivity index (χ0) is 21.1. The van der Waals surface area contributed by atoms with Crippen molar-refractivity contribution in [1.82, 2.24) is 4.98 Å². The molecule has 1 aliphatic rings. The number of nitrogens with two attached hydrogens (primary N) is 1. The van der Waals surface area contributed by atoms with Crippen LogP contribution < -0.4 is 16.0 Å². The highest BCUT2D eigenvalue weighted by molar-refractivity contribution is 5.97. The maximum absolute atomic E-state index is 12.4. The summed E-state index contributed by atoms with van der Waals surface area (Å²) in [5.41, 5.74) is 8.01. The van der Waals surface area contributed by atoms with Crippen LogP contribution in [0.4, 0.5) is 11.5 Å². The van der Waals surface area contributed by atoms with Crippen LogP contribution in [0.5, 0.6) is 0 Å². The average molecular weight is 391 g/mol. The molecule has 1 aromatic carbocycles. The fourth-order valence-corrected chi connectivity index (χ4v) is 4.18. The van der Waals surface area contributed by atoms with E-state index in [1.165, 1.54) is 6.20 Å².